The fourth-order valence-electron chi connectivity index (χ4n) is 2.55. The zero-order chi connectivity index (χ0) is 13.1. The van der Waals surface area contributed by atoms with E-state index in [1.807, 2.05) is 0 Å². The van der Waals surface area contributed by atoms with E-state index < -0.39 is 0 Å². The van der Waals surface area contributed by atoms with E-state index in [4.69, 9.17) is 23.1 Å². The van der Waals surface area contributed by atoms with Gasteiger partial charge in [0.1, 0.15) is 16.5 Å². The van der Waals surface area contributed by atoms with Crippen LogP contribution >= 0.6 is 12.2 Å². The summed E-state index contributed by atoms with van der Waals surface area (Å²) in [5.41, 5.74) is 8.79. The first-order valence-electron chi connectivity index (χ1n) is 6.25. The van der Waals surface area contributed by atoms with Crippen LogP contribution in [0.1, 0.15) is 36.0 Å². The summed E-state index contributed by atoms with van der Waals surface area (Å²) in [4.78, 5) is 0. The van der Waals surface area contributed by atoms with Crippen LogP contribution < -0.4 is 5.73 Å². The number of rotatable bonds is 3. The molecule has 1 aromatic heterocycles. The number of pyridine rings is 1. The number of nitrogens with zero attached hydrogens (tertiary/aromatic N) is 2. The van der Waals surface area contributed by atoms with Gasteiger partial charge in [-0.15, -0.1) is 0 Å². The second-order valence-corrected chi connectivity index (χ2v) is 4.96. The number of aliphatic hydroxyl groups is 1. The molecule has 2 rings (SSSR count). The molecule has 4 nitrogen and oxygen atoms in total. The van der Waals surface area contributed by atoms with Crippen LogP contribution in [-0.4, -0.2) is 16.3 Å². The lowest BCUT2D eigenvalue weighted by Crippen LogP contribution is -2.17. The molecule has 1 aromatic rings. The number of nitriles is 1. The maximum Gasteiger partial charge on any atom is 0.122 e. The van der Waals surface area contributed by atoms with Gasteiger partial charge in [0.05, 0.1) is 5.56 Å². The van der Waals surface area contributed by atoms with Crippen LogP contribution in [0.3, 0.4) is 0 Å². The minimum atomic E-state index is 0.0974. The second kappa shape index (κ2) is 5.51. The quantitative estimate of drug-likeness (QED) is 0.817. The summed E-state index contributed by atoms with van der Waals surface area (Å²) in [6, 6.07) is 2.21. The van der Waals surface area contributed by atoms with Gasteiger partial charge in [-0.3, -0.25) is 0 Å². The van der Waals surface area contributed by atoms with Crippen molar-refractivity contribution < 1.29 is 5.11 Å². The van der Waals surface area contributed by atoms with Gasteiger partial charge in [0.2, 0.25) is 0 Å². The predicted molar refractivity (Wildman–Crippen MR) is 72.7 cm³/mol. The molecule has 0 fully saturated rings. The third-order valence-electron chi connectivity index (χ3n) is 3.47. The lowest BCUT2D eigenvalue weighted by atomic mass is 9.90. The number of fused-ring (bicyclic) bond motifs is 1. The fraction of sp³-hybridized carbons (Fsp3) is 0.538. The summed E-state index contributed by atoms with van der Waals surface area (Å²) in [6.07, 6.45) is 4.64. The Balaban J connectivity index is 2.62. The maximum atomic E-state index is 9.29. The molecule has 0 bridgehead atoms. The van der Waals surface area contributed by atoms with Crippen molar-refractivity contribution in [3.8, 4) is 6.07 Å². The van der Waals surface area contributed by atoms with Gasteiger partial charge in [0.25, 0.3) is 0 Å². The average molecular weight is 263 g/mol. The molecule has 1 aliphatic rings. The average Bonchev–Trinajstić information content (AvgIpc) is 2.39. The lowest BCUT2D eigenvalue weighted by Gasteiger charge is -2.22. The van der Waals surface area contributed by atoms with Crippen molar-refractivity contribution >= 4 is 18.0 Å². The Bertz CT molecular complexity index is 557. The summed E-state index contributed by atoms with van der Waals surface area (Å²) >= 11 is 5.48. The highest BCUT2D eigenvalue weighted by atomic mass is 32.1. The largest absolute Gasteiger partial charge is 0.396 e. The molecular formula is C13H17N3OS. The molecule has 0 spiro atoms. The summed E-state index contributed by atoms with van der Waals surface area (Å²) in [5, 5.41) is 18.2. The van der Waals surface area contributed by atoms with Crippen molar-refractivity contribution in [2.45, 2.75) is 38.6 Å². The van der Waals surface area contributed by atoms with Gasteiger partial charge >= 0.3 is 0 Å². The minimum Gasteiger partial charge on any atom is -0.396 e. The van der Waals surface area contributed by atoms with Crippen molar-refractivity contribution in [2.75, 3.05) is 12.3 Å². The lowest BCUT2D eigenvalue weighted by molar-refractivity contribution is 0.279. The van der Waals surface area contributed by atoms with Crippen LogP contribution in [0.25, 0.3) is 0 Å². The number of hydrogen-bond acceptors (Lipinski definition) is 4. The molecule has 0 amide bonds. The minimum absolute atomic E-state index is 0.0974. The zero-order valence-electron chi connectivity index (χ0n) is 10.3. The van der Waals surface area contributed by atoms with Crippen LogP contribution in [0.5, 0.6) is 0 Å². The van der Waals surface area contributed by atoms with E-state index in [-0.39, 0.29) is 6.61 Å². The van der Waals surface area contributed by atoms with Crippen molar-refractivity contribution in [3.05, 3.63) is 21.3 Å². The zero-order valence-corrected chi connectivity index (χ0v) is 11.1. The molecule has 1 heterocycles. The number of nitrogen functional groups attached to an aromatic ring is 1. The van der Waals surface area contributed by atoms with E-state index in [9.17, 15) is 5.26 Å². The number of anilines is 1. The SMILES string of the molecule is N#Cc1c2c(c(=S)n(CCCO)c1N)CCCC2. The van der Waals surface area contributed by atoms with Gasteiger partial charge in [-0.1, -0.05) is 12.2 Å². The van der Waals surface area contributed by atoms with Crippen LogP contribution in [0.4, 0.5) is 5.82 Å². The van der Waals surface area contributed by atoms with E-state index in [0.29, 0.717) is 24.3 Å². The number of aromatic nitrogens is 1. The molecule has 0 saturated heterocycles. The van der Waals surface area contributed by atoms with Gasteiger partial charge in [0.15, 0.2) is 0 Å². The van der Waals surface area contributed by atoms with E-state index in [2.05, 4.69) is 6.07 Å². The van der Waals surface area contributed by atoms with Gasteiger partial charge in [0, 0.05) is 13.2 Å². The number of hydrogen-bond donors (Lipinski definition) is 2. The third kappa shape index (κ3) is 2.14. The van der Waals surface area contributed by atoms with Gasteiger partial charge < -0.3 is 15.4 Å². The normalized spacial score (nSPS) is 14.0. The Labute approximate surface area is 112 Å². The molecule has 3 N–H and O–H groups in total. The van der Waals surface area contributed by atoms with E-state index in [1.165, 1.54) is 0 Å². The predicted octanol–water partition coefficient (Wildman–Crippen LogP) is 1.93. The molecule has 1 aliphatic carbocycles. The van der Waals surface area contributed by atoms with E-state index in [1.54, 1.807) is 4.57 Å². The molecule has 0 aromatic carbocycles. The highest BCUT2D eigenvalue weighted by Gasteiger charge is 2.20. The molecule has 0 saturated carbocycles. The van der Waals surface area contributed by atoms with Crippen molar-refractivity contribution in [1.82, 2.24) is 4.57 Å². The van der Waals surface area contributed by atoms with Crippen LogP contribution in [0, 0.1) is 16.0 Å². The monoisotopic (exact) mass is 263 g/mol. The Morgan fingerprint density at radius 2 is 2.00 bits per heavy atom. The third-order valence-corrected chi connectivity index (χ3v) is 3.94. The molecule has 18 heavy (non-hydrogen) atoms. The van der Waals surface area contributed by atoms with Crippen LogP contribution in [-0.2, 0) is 19.4 Å². The smallest absolute Gasteiger partial charge is 0.122 e. The van der Waals surface area contributed by atoms with Gasteiger partial charge in [-0.05, 0) is 43.2 Å². The molecule has 0 radical (unpaired) electrons. The topological polar surface area (TPSA) is 75.0 Å². The maximum absolute atomic E-state index is 9.29. The Hall–Kier alpha value is -1.38. The molecule has 96 valence electrons. The molecule has 0 unspecified atom stereocenters. The summed E-state index contributed by atoms with van der Waals surface area (Å²) < 4.78 is 2.54. The first-order chi connectivity index (χ1) is 8.70. The van der Waals surface area contributed by atoms with Crippen molar-refractivity contribution in [1.29, 1.82) is 5.26 Å². The van der Waals surface area contributed by atoms with Crippen molar-refractivity contribution in [3.63, 3.8) is 0 Å². The van der Waals surface area contributed by atoms with Crippen molar-refractivity contribution in [2.24, 2.45) is 0 Å². The van der Waals surface area contributed by atoms with Crippen LogP contribution in [0.2, 0.25) is 0 Å². The van der Waals surface area contributed by atoms with Crippen LogP contribution in [0.15, 0.2) is 0 Å². The second-order valence-electron chi connectivity index (χ2n) is 4.57. The molecule has 0 atom stereocenters. The van der Waals surface area contributed by atoms with Gasteiger partial charge in [-0.2, -0.15) is 5.26 Å². The van der Waals surface area contributed by atoms with Gasteiger partial charge in [-0.25, -0.2) is 0 Å². The Kier molecular flexibility index (Phi) is 4.00. The number of aliphatic hydroxyl groups excluding tert-OH is 1. The summed E-state index contributed by atoms with van der Waals surface area (Å²) in [5.74, 6) is 0.455. The Morgan fingerprint density at radius 1 is 1.33 bits per heavy atom. The summed E-state index contributed by atoms with van der Waals surface area (Å²) in [6.45, 7) is 0.670. The van der Waals surface area contributed by atoms with E-state index in [0.717, 1.165) is 41.5 Å². The highest BCUT2D eigenvalue weighted by molar-refractivity contribution is 7.71. The molecule has 0 aliphatic heterocycles. The summed E-state index contributed by atoms with van der Waals surface area (Å²) in [7, 11) is 0. The molecule has 5 heteroatoms. The first kappa shape index (κ1) is 13.1. The standard InChI is InChI=1S/C13H17N3OS/c14-8-11-9-4-1-2-5-10(9)13(18)16(12(11)15)6-3-7-17/h17H,1-7,15H2. The van der Waals surface area contributed by atoms with E-state index >= 15 is 0 Å². The Morgan fingerprint density at radius 3 is 2.61 bits per heavy atom. The number of nitrogens with two attached hydrogens (primary N) is 1. The highest BCUT2D eigenvalue weighted by Crippen LogP contribution is 2.29. The molecular weight excluding hydrogens is 246 g/mol. The fourth-order valence-corrected chi connectivity index (χ4v) is 2.97. The first-order valence-corrected chi connectivity index (χ1v) is 6.66.